The van der Waals surface area contributed by atoms with Crippen LogP contribution < -0.4 is 15.2 Å². The minimum absolute atomic E-state index is 0.000531. The molecular formula is C26H39NO11. The molecule has 1 aromatic carbocycles. The van der Waals surface area contributed by atoms with Crippen molar-refractivity contribution in [2.75, 3.05) is 19.8 Å². The zero-order valence-corrected chi connectivity index (χ0v) is 22.7. The van der Waals surface area contributed by atoms with Crippen LogP contribution >= 0.6 is 0 Å². The van der Waals surface area contributed by atoms with Crippen molar-refractivity contribution < 1.29 is 52.3 Å². The van der Waals surface area contributed by atoms with E-state index >= 15 is 0 Å². The average molecular weight is 542 g/mol. The van der Waals surface area contributed by atoms with Crippen molar-refractivity contribution in [2.24, 2.45) is 5.73 Å². The normalized spacial score (nSPS) is 12.9. The third-order valence-electron chi connectivity index (χ3n) is 5.14. The minimum atomic E-state index is -1.09. The highest BCUT2D eigenvalue weighted by Gasteiger charge is 2.25. The molecule has 0 aromatic heterocycles. The molecule has 0 aliphatic heterocycles. The monoisotopic (exact) mass is 541 g/mol. The number of unbranched alkanes of at least 4 members (excludes halogenated alkanes) is 3. The molecule has 12 heteroatoms. The lowest BCUT2D eigenvalue weighted by atomic mass is 10.1. The molecule has 214 valence electrons. The van der Waals surface area contributed by atoms with Crippen molar-refractivity contribution in [3.05, 3.63) is 23.8 Å². The van der Waals surface area contributed by atoms with Gasteiger partial charge in [0.1, 0.15) is 18.2 Å². The number of carbonyl (C=O) groups excluding carboxylic acids is 4. The smallest absolute Gasteiger partial charge is 0.458 e. The molecule has 0 heterocycles. The number of esters is 1. The Morgan fingerprint density at radius 1 is 0.763 bits per heavy atom. The van der Waals surface area contributed by atoms with E-state index in [2.05, 4.69) is 6.92 Å². The summed E-state index contributed by atoms with van der Waals surface area (Å²) in [6.45, 7) is 8.85. The Bertz CT molecular complexity index is 905. The third-order valence-corrected chi connectivity index (χ3v) is 5.14. The Morgan fingerprint density at radius 3 is 1.97 bits per heavy atom. The van der Waals surface area contributed by atoms with Crippen LogP contribution in [0.4, 0.5) is 14.4 Å². The lowest BCUT2D eigenvalue weighted by Gasteiger charge is -2.22. The molecule has 2 N–H and O–H groups in total. The van der Waals surface area contributed by atoms with Gasteiger partial charge in [0.15, 0.2) is 11.5 Å². The predicted octanol–water partition coefficient (Wildman–Crippen LogP) is 4.68. The van der Waals surface area contributed by atoms with Crippen LogP contribution in [-0.2, 0) is 34.9 Å². The summed E-state index contributed by atoms with van der Waals surface area (Å²) in [5.74, 6) is -0.952. The first-order chi connectivity index (χ1) is 18.1. The first kappa shape index (κ1) is 32.5. The third kappa shape index (κ3) is 12.6. The highest BCUT2D eigenvalue weighted by Crippen LogP contribution is 2.30. The van der Waals surface area contributed by atoms with Gasteiger partial charge < -0.3 is 38.9 Å². The second-order valence-electron chi connectivity index (χ2n) is 8.29. The van der Waals surface area contributed by atoms with E-state index in [9.17, 15) is 19.2 Å². The Balaban J connectivity index is 2.72. The van der Waals surface area contributed by atoms with Crippen molar-refractivity contribution in [2.45, 2.75) is 85.0 Å². The van der Waals surface area contributed by atoms with Crippen LogP contribution in [0.2, 0.25) is 0 Å². The van der Waals surface area contributed by atoms with Gasteiger partial charge in [0.2, 0.25) is 0 Å². The van der Waals surface area contributed by atoms with E-state index in [-0.39, 0.29) is 37.7 Å². The molecule has 0 aliphatic carbocycles. The topological polar surface area (TPSA) is 159 Å². The average Bonchev–Trinajstić information content (AvgIpc) is 2.85. The van der Waals surface area contributed by atoms with Crippen LogP contribution in [0.1, 0.15) is 65.9 Å². The summed E-state index contributed by atoms with van der Waals surface area (Å²) in [7, 11) is 0. The maximum absolute atomic E-state index is 12.5. The fourth-order valence-corrected chi connectivity index (χ4v) is 2.99. The minimum Gasteiger partial charge on any atom is -0.458 e. The van der Waals surface area contributed by atoms with Crippen molar-refractivity contribution in [3.8, 4) is 11.5 Å². The van der Waals surface area contributed by atoms with Crippen molar-refractivity contribution >= 4 is 24.4 Å². The Labute approximate surface area is 223 Å². The largest absolute Gasteiger partial charge is 0.513 e. The number of hydrogen-bond donors (Lipinski definition) is 1. The van der Waals surface area contributed by atoms with E-state index in [0.29, 0.717) is 5.56 Å². The van der Waals surface area contributed by atoms with Gasteiger partial charge in [-0.1, -0.05) is 32.3 Å². The van der Waals surface area contributed by atoms with Crippen molar-refractivity contribution in [1.29, 1.82) is 0 Å². The molecular weight excluding hydrogens is 502 g/mol. The predicted molar refractivity (Wildman–Crippen MR) is 135 cm³/mol. The number of rotatable bonds is 15. The quantitative estimate of drug-likeness (QED) is 0.142. The van der Waals surface area contributed by atoms with Crippen molar-refractivity contribution in [1.82, 2.24) is 0 Å². The van der Waals surface area contributed by atoms with Crippen LogP contribution in [0, 0.1) is 0 Å². The SMILES string of the molecule is CCCCCCOC(=O)OC(C)[C@@H](C)OC(=O)[C@@H](N)Cc1ccc(OC(=O)OCC)c(OC(=O)OCC)c1. The molecule has 1 unspecified atom stereocenters. The number of ether oxygens (including phenoxy) is 7. The standard InChI is InChI=1S/C26H39NO11/c1-6-9-10-11-14-34-26(31)36-18(5)17(4)35-23(28)20(27)15-19-12-13-21(37-24(29)32-7-2)22(16-19)38-25(30)33-8-3/h12-13,16-18,20H,6-11,14-15,27H2,1-5H3/t17-,18?,20+/m1/s1. The van der Waals surface area contributed by atoms with Crippen LogP contribution in [0.25, 0.3) is 0 Å². The number of benzene rings is 1. The second-order valence-corrected chi connectivity index (χ2v) is 8.29. The molecule has 0 saturated heterocycles. The van der Waals surface area contributed by atoms with E-state index in [1.54, 1.807) is 27.7 Å². The Kier molecular flexibility index (Phi) is 15.2. The summed E-state index contributed by atoms with van der Waals surface area (Å²) in [6, 6.07) is 3.18. The molecule has 0 spiro atoms. The molecule has 0 fully saturated rings. The van der Waals surface area contributed by atoms with Gasteiger partial charge in [0, 0.05) is 0 Å². The lowest BCUT2D eigenvalue weighted by molar-refractivity contribution is -0.155. The van der Waals surface area contributed by atoms with E-state index in [4.69, 9.17) is 38.9 Å². The molecule has 0 amide bonds. The van der Waals surface area contributed by atoms with Gasteiger partial charge in [-0.05, 0) is 58.2 Å². The number of carbonyl (C=O) groups is 4. The van der Waals surface area contributed by atoms with E-state index in [0.717, 1.165) is 25.7 Å². The summed E-state index contributed by atoms with van der Waals surface area (Å²) in [5, 5.41) is 0. The fraction of sp³-hybridized carbons (Fsp3) is 0.615. The van der Waals surface area contributed by atoms with Crippen molar-refractivity contribution in [3.63, 3.8) is 0 Å². The molecule has 0 radical (unpaired) electrons. The van der Waals surface area contributed by atoms with Crippen LogP contribution in [-0.4, -0.2) is 62.5 Å². The lowest BCUT2D eigenvalue weighted by Crippen LogP contribution is -2.39. The summed E-state index contributed by atoms with van der Waals surface area (Å²) in [5.41, 5.74) is 6.50. The molecule has 12 nitrogen and oxygen atoms in total. The van der Waals surface area contributed by atoms with Gasteiger partial charge in [0.25, 0.3) is 0 Å². The number of hydrogen-bond acceptors (Lipinski definition) is 12. The molecule has 1 aromatic rings. The summed E-state index contributed by atoms with van der Waals surface area (Å²) >= 11 is 0. The van der Waals surface area contributed by atoms with Gasteiger partial charge >= 0.3 is 24.4 Å². The molecule has 3 atom stereocenters. The highest BCUT2D eigenvalue weighted by atomic mass is 16.7. The Morgan fingerprint density at radius 2 is 1.37 bits per heavy atom. The second kappa shape index (κ2) is 17.8. The van der Waals surface area contributed by atoms with Gasteiger partial charge in [-0.2, -0.15) is 0 Å². The van der Waals surface area contributed by atoms with E-state index < -0.39 is 42.7 Å². The van der Waals surface area contributed by atoms with E-state index in [1.807, 2.05) is 0 Å². The first-order valence-corrected chi connectivity index (χ1v) is 12.7. The van der Waals surface area contributed by atoms with Crippen LogP contribution in [0.15, 0.2) is 18.2 Å². The molecule has 0 saturated carbocycles. The van der Waals surface area contributed by atoms with Gasteiger partial charge in [-0.15, -0.1) is 0 Å². The fourth-order valence-electron chi connectivity index (χ4n) is 2.99. The molecule has 38 heavy (non-hydrogen) atoms. The highest BCUT2D eigenvalue weighted by molar-refractivity contribution is 5.76. The molecule has 0 bridgehead atoms. The maximum atomic E-state index is 12.5. The first-order valence-electron chi connectivity index (χ1n) is 12.7. The number of nitrogens with two attached hydrogens (primary N) is 1. The van der Waals surface area contributed by atoms with E-state index in [1.165, 1.54) is 18.2 Å². The summed E-state index contributed by atoms with van der Waals surface area (Å²) in [4.78, 5) is 47.9. The molecule has 1 rings (SSSR count). The van der Waals surface area contributed by atoms with Crippen LogP contribution in [0.3, 0.4) is 0 Å². The zero-order chi connectivity index (χ0) is 28.5. The van der Waals surface area contributed by atoms with Gasteiger partial charge in [0.05, 0.1) is 19.8 Å². The van der Waals surface area contributed by atoms with Gasteiger partial charge in [-0.3, -0.25) is 4.79 Å². The maximum Gasteiger partial charge on any atom is 0.513 e. The zero-order valence-electron chi connectivity index (χ0n) is 22.7. The Hall–Kier alpha value is -3.54. The summed E-state index contributed by atoms with van der Waals surface area (Å²) in [6.07, 6.45) is -0.536. The molecule has 0 aliphatic rings. The summed E-state index contributed by atoms with van der Waals surface area (Å²) < 4.78 is 35.2. The van der Waals surface area contributed by atoms with Crippen LogP contribution in [0.5, 0.6) is 11.5 Å². The van der Waals surface area contributed by atoms with Gasteiger partial charge in [-0.25, -0.2) is 14.4 Å².